The standard InChI is InChI=1S/C19H12F3N5OS/c20-19(21,22)11-9-12(10-5-2-1-3-6-10)26-17-13(11)14(23)15(29-17)16(28)27-18-24-7-4-8-25-18/h1-9H,23H2,(H,24,25,27,28). The first-order chi connectivity index (χ1) is 13.8. The lowest BCUT2D eigenvalue weighted by Crippen LogP contribution is -2.14. The second-order valence-electron chi connectivity index (χ2n) is 5.97. The summed E-state index contributed by atoms with van der Waals surface area (Å²) in [6, 6.07) is 11.0. The molecule has 0 atom stereocenters. The third kappa shape index (κ3) is 3.61. The number of anilines is 2. The molecule has 3 N–H and O–H groups in total. The Hall–Kier alpha value is -3.53. The van der Waals surface area contributed by atoms with E-state index in [0.717, 1.165) is 17.4 Å². The van der Waals surface area contributed by atoms with E-state index in [1.54, 1.807) is 36.4 Å². The van der Waals surface area contributed by atoms with Crippen LogP contribution in [-0.2, 0) is 6.18 Å². The van der Waals surface area contributed by atoms with Gasteiger partial charge < -0.3 is 5.73 Å². The number of halogens is 3. The molecule has 0 saturated carbocycles. The van der Waals surface area contributed by atoms with Gasteiger partial charge in [0.25, 0.3) is 5.91 Å². The molecule has 6 nitrogen and oxygen atoms in total. The maximum atomic E-state index is 13.8. The molecule has 0 spiro atoms. The Balaban J connectivity index is 1.87. The van der Waals surface area contributed by atoms with E-state index < -0.39 is 17.6 Å². The molecule has 1 amide bonds. The summed E-state index contributed by atoms with van der Waals surface area (Å²) < 4.78 is 41.3. The minimum atomic E-state index is -4.67. The van der Waals surface area contributed by atoms with Gasteiger partial charge in [0, 0.05) is 23.3 Å². The van der Waals surface area contributed by atoms with E-state index in [-0.39, 0.29) is 32.4 Å². The molecule has 4 rings (SSSR count). The van der Waals surface area contributed by atoms with Crippen molar-refractivity contribution in [2.45, 2.75) is 6.18 Å². The third-order valence-electron chi connectivity index (χ3n) is 4.07. The number of hydrogen-bond donors (Lipinski definition) is 2. The molecule has 3 heterocycles. The van der Waals surface area contributed by atoms with Crippen molar-refractivity contribution in [1.29, 1.82) is 0 Å². The zero-order chi connectivity index (χ0) is 20.6. The van der Waals surface area contributed by atoms with Crippen molar-refractivity contribution >= 4 is 39.1 Å². The van der Waals surface area contributed by atoms with Crippen molar-refractivity contribution in [3.05, 3.63) is 65.3 Å². The van der Waals surface area contributed by atoms with Crippen LogP contribution in [0.25, 0.3) is 21.5 Å². The number of nitrogens with one attached hydrogen (secondary N) is 1. The topological polar surface area (TPSA) is 93.8 Å². The number of nitrogens with two attached hydrogens (primary N) is 1. The molecular weight excluding hydrogens is 403 g/mol. The molecule has 0 bridgehead atoms. The third-order valence-corrected chi connectivity index (χ3v) is 5.17. The van der Waals surface area contributed by atoms with Crippen LogP contribution < -0.4 is 11.1 Å². The number of fused-ring (bicyclic) bond motifs is 1. The van der Waals surface area contributed by atoms with Gasteiger partial charge in [0.05, 0.1) is 16.9 Å². The average Bonchev–Trinajstić information content (AvgIpc) is 3.05. The van der Waals surface area contributed by atoms with Gasteiger partial charge in [-0.25, -0.2) is 15.0 Å². The summed E-state index contributed by atoms with van der Waals surface area (Å²) in [6.07, 6.45) is -1.82. The van der Waals surface area contributed by atoms with Crippen LogP contribution in [0.15, 0.2) is 54.9 Å². The molecule has 0 aliphatic rings. The predicted molar refractivity (Wildman–Crippen MR) is 104 cm³/mol. The number of thiophene rings is 1. The van der Waals surface area contributed by atoms with Crippen LogP contribution >= 0.6 is 11.3 Å². The summed E-state index contributed by atoms with van der Waals surface area (Å²) in [7, 11) is 0. The Morgan fingerprint density at radius 2 is 1.76 bits per heavy atom. The predicted octanol–water partition coefficient (Wildman–Crippen LogP) is 4.61. The van der Waals surface area contributed by atoms with Crippen LogP contribution in [0.2, 0.25) is 0 Å². The summed E-state index contributed by atoms with van der Waals surface area (Å²) in [5.41, 5.74) is 5.40. The van der Waals surface area contributed by atoms with E-state index in [4.69, 9.17) is 5.73 Å². The number of hydrogen-bond acceptors (Lipinski definition) is 6. The van der Waals surface area contributed by atoms with E-state index >= 15 is 0 Å². The quantitative estimate of drug-likeness (QED) is 0.510. The van der Waals surface area contributed by atoms with Crippen molar-refractivity contribution in [2.24, 2.45) is 0 Å². The molecule has 10 heteroatoms. The number of alkyl halides is 3. The molecular formula is C19H12F3N5OS. The van der Waals surface area contributed by atoms with E-state index in [9.17, 15) is 18.0 Å². The number of aromatic nitrogens is 3. The van der Waals surface area contributed by atoms with Gasteiger partial charge in [-0.15, -0.1) is 11.3 Å². The molecule has 29 heavy (non-hydrogen) atoms. The number of pyridine rings is 1. The van der Waals surface area contributed by atoms with Gasteiger partial charge in [-0.05, 0) is 12.1 Å². The van der Waals surface area contributed by atoms with Crippen molar-refractivity contribution in [1.82, 2.24) is 15.0 Å². The van der Waals surface area contributed by atoms with E-state index in [2.05, 4.69) is 20.3 Å². The SMILES string of the molecule is Nc1c(C(=O)Nc2ncccn2)sc2nc(-c3ccccc3)cc(C(F)(F)F)c12. The van der Waals surface area contributed by atoms with Gasteiger partial charge in [0.2, 0.25) is 5.95 Å². The van der Waals surface area contributed by atoms with Gasteiger partial charge in [-0.3, -0.25) is 10.1 Å². The molecule has 1 aromatic carbocycles. The van der Waals surface area contributed by atoms with Crippen molar-refractivity contribution in [3.63, 3.8) is 0 Å². The first-order valence-corrected chi connectivity index (χ1v) is 9.10. The fourth-order valence-corrected chi connectivity index (χ4v) is 3.81. The Bertz CT molecular complexity index is 1190. The molecule has 146 valence electrons. The molecule has 0 saturated heterocycles. The van der Waals surface area contributed by atoms with Gasteiger partial charge in [-0.2, -0.15) is 13.2 Å². The van der Waals surface area contributed by atoms with Crippen LogP contribution in [0.1, 0.15) is 15.2 Å². The van der Waals surface area contributed by atoms with Gasteiger partial charge in [0.15, 0.2) is 0 Å². The molecule has 4 aromatic rings. The largest absolute Gasteiger partial charge is 0.417 e. The lowest BCUT2D eigenvalue weighted by molar-refractivity contribution is -0.136. The Labute approximate surface area is 166 Å². The highest BCUT2D eigenvalue weighted by Gasteiger charge is 2.36. The second-order valence-corrected chi connectivity index (χ2v) is 6.97. The van der Waals surface area contributed by atoms with Crippen LogP contribution in [0.3, 0.4) is 0 Å². The molecule has 0 radical (unpaired) electrons. The fraction of sp³-hybridized carbons (Fsp3) is 0.0526. The summed E-state index contributed by atoms with van der Waals surface area (Å²) in [5.74, 6) is -0.686. The van der Waals surface area contributed by atoms with Gasteiger partial charge in [0.1, 0.15) is 9.71 Å². The number of nitrogens with zero attached hydrogens (tertiary/aromatic N) is 3. The summed E-state index contributed by atoms with van der Waals surface area (Å²) in [6.45, 7) is 0. The molecule has 0 unspecified atom stereocenters. The summed E-state index contributed by atoms with van der Waals surface area (Å²) in [4.78, 5) is 24.5. The average molecular weight is 415 g/mol. The van der Waals surface area contributed by atoms with Crippen LogP contribution in [0.5, 0.6) is 0 Å². The zero-order valence-electron chi connectivity index (χ0n) is 14.6. The number of nitrogen functional groups attached to an aromatic ring is 1. The Morgan fingerprint density at radius 1 is 1.07 bits per heavy atom. The number of rotatable bonds is 3. The molecule has 0 aliphatic carbocycles. The minimum Gasteiger partial charge on any atom is -0.397 e. The number of benzene rings is 1. The van der Waals surface area contributed by atoms with Crippen molar-refractivity contribution in [2.75, 3.05) is 11.1 Å². The first kappa shape index (κ1) is 18.8. The molecule has 0 aliphatic heterocycles. The maximum absolute atomic E-state index is 13.8. The van der Waals surface area contributed by atoms with Crippen LogP contribution in [-0.4, -0.2) is 20.9 Å². The molecule has 3 aromatic heterocycles. The first-order valence-electron chi connectivity index (χ1n) is 8.28. The molecule has 0 fully saturated rings. The highest BCUT2D eigenvalue weighted by atomic mass is 32.1. The summed E-state index contributed by atoms with van der Waals surface area (Å²) in [5, 5.41) is 2.13. The highest BCUT2D eigenvalue weighted by molar-refractivity contribution is 7.21. The smallest absolute Gasteiger partial charge is 0.397 e. The lowest BCUT2D eigenvalue weighted by Gasteiger charge is -2.11. The van der Waals surface area contributed by atoms with E-state index in [0.29, 0.717) is 5.56 Å². The maximum Gasteiger partial charge on any atom is 0.417 e. The van der Waals surface area contributed by atoms with E-state index in [1.165, 1.54) is 12.4 Å². The van der Waals surface area contributed by atoms with Gasteiger partial charge in [-0.1, -0.05) is 30.3 Å². The Morgan fingerprint density at radius 3 is 2.41 bits per heavy atom. The van der Waals surface area contributed by atoms with Crippen molar-refractivity contribution < 1.29 is 18.0 Å². The fourth-order valence-electron chi connectivity index (χ4n) is 2.79. The lowest BCUT2D eigenvalue weighted by atomic mass is 10.1. The van der Waals surface area contributed by atoms with Crippen LogP contribution in [0.4, 0.5) is 24.8 Å². The Kier molecular flexibility index (Phi) is 4.63. The second kappa shape index (κ2) is 7.13. The minimum absolute atomic E-state index is 0.0170. The highest BCUT2D eigenvalue weighted by Crippen LogP contribution is 2.43. The monoisotopic (exact) mass is 415 g/mol. The van der Waals surface area contributed by atoms with Crippen LogP contribution in [0, 0.1) is 0 Å². The zero-order valence-corrected chi connectivity index (χ0v) is 15.4. The number of carbonyl (C=O) groups is 1. The van der Waals surface area contributed by atoms with Crippen molar-refractivity contribution in [3.8, 4) is 11.3 Å². The van der Waals surface area contributed by atoms with E-state index in [1.807, 2.05) is 0 Å². The number of carbonyl (C=O) groups excluding carboxylic acids is 1. The normalized spacial score (nSPS) is 11.6. The summed E-state index contributed by atoms with van der Waals surface area (Å²) >= 11 is 0.787. The number of amides is 1. The van der Waals surface area contributed by atoms with Gasteiger partial charge >= 0.3 is 6.18 Å².